The monoisotopic (exact) mass is 389 g/mol. The predicted octanol–water partition coefficient (Wildman–Crippen LogP) is 2.15. The SMILES string of the molecule is CCOC(=O)C1(COS(=O)(=O)c2ccc(C)cc2)C(=O)Nc2ccccc21. The lowest BCUT2D eigenvalue weighted by atomic mass is 9.82. The highest BCUT2D eigenvalue weighted by atomic mass is 32.2. The zero-order valence-electron chi connectivity index (χ0n) is 14.9. The van der Waals surface area contributed by atoms with Gasteiger partial charge in [0.1, 0.15) is 0 Å². The second-order valence-corrected chi connectivity index (χ2v) is 7.77. The van der Waals surface area contributed by atoms with Crippen LogP contribution in [0.25, 0.3) is 0 Å². The van der Waals surface area contributed by atoms with Gasteiger partial charge < -0.3 is 10.1 Å². The van der Waals surface area contributed by atoms with Crippen molar-refractivity contribution in [3.63, 3.8) is 0 Å². The van der Waals surface area contributed by atoms with Gasteiger partial charge in [-0.1, -0.05) is 35.9 Å². The molecule has 1 heterocycles. The summed E-state index contributed by atoms with van der Waals surface area (Å²) in [6, 6.07) is 12.6. The minimum atomic E-state index is -4.16. The summed E-state index contributed by atoms with van der Waals surface area (Å²) in [5.41, 5.74) is -0.245. The number of carbonyl (C=O) groups is 2. The van der Waals surface area contributed by atoms with Crippen LogP contribution in [0.15, 0.2) is 53.4 Å². The lowest BCUT2D eigenvalue weighted by Crippen LogP contribution is -2.48. The molecular weight excluding hydrogens is 370 g/mol. The average molecular weight is 389 g/mol. The standard InChI is InChI=1S/C19H19NO6S/c1-3-25-18(22)19(15-6-4-5-7-16(15)20-17(19)21)12-26-27(23,24)14-10-8-13(2)9-11-14/h4-11H,3,12H2,1-2H3,(H,20,21). The summed E-state index contributed by atoms with van der Waals surface area (Å²) in [5.74, 6) is -1.53. The van der Waals surface area contributed by atoms with Crippen molar-refractivity contribution in [2.24, 2.45) is 0 Å². The summed E-state index contributed by atoms with van der Waals surface area (Å²) >= 11 is 0. The van der Waals surface area contributed by atoms with Crippen molar-refractivity contribution in [1.29, 1.82) is 0 Å². The Morgan fingerprint density at radius 1 is 1.11 bits per heavy atom. The molecule has 2 aromatic carbocycles. The van der Waals surface area contributed by atoms with E-state index in [2.05, 4.69) is 5.32 Å². The fourth-order valence-electron chi connectivity index (χ4n) is 2.91. The van der Waals surface area contributed by atoms with E-state index in [4.69, 9.17) is 8.92 Å². The van der Waals surface area contributed by atoms with E-state index < -0.39 is 34.0 Å². The van der Waals surface area contributed by atoms with Gasteiger partial charge in [-0.3, -0.25) is 13.8 Å². The fourth-order valence-corrected chi connectivity index (χ4v) is 3.85. The number of amides is 1. The first kappa shape index (κ1) is 19.1. The summed E-state index contributed by atoms with van der Waals surface area (Å²) in [6.07, 6.45) is 0. The lowest BCUT2D eigenvalue weighted by molar-refractivity contribution is -0.154. The van der Waals surface area contributed by atoms with E-state index >= 15 is 0 Å². The predicted molar refractivity (Wildman–Crippen MR) is 97.7 cm³/mol. The lowest BCUT2D eigenvalue weighted by Gasteiger charge is -2.24. The van der Waals surface area contributed by atoms with Gasteiger partial charge in [-0.25, -0.2) is 0 Å². The second kappa shape index (κ2) is 7.13. The Morgan fingerprint density at radius 2 is 1.78 bits per heavy atom. The number of ether oxygens (including phenoxy) is 1. The van der Waals surface area contributed by atoms with Crippen molar-refractivity contribution in [2.45, 2.75) is 24.2 Å². The first-order valence-corrected chi connectivity index (χ1v) is 9.76. The van der Waals surface area contributed by atoms with Crippen molar-refractivity contribution in [2.75, 3.05) is 18.5 Å². The van der Waals surface area contributed by atoms with Gasteiger partial charge >= 0.3 is 5.97 Å². The van der Waals surface area contributed by atoms with E-state index in [1.807, 2.05) is 6.92 Å². The molecule has 0 saturated heterocycles. The number of para-hydroxylation sites is 1. The van der Waals surface area contributed by atoms with E-state index in [1.165, 1.54) is 12.1 Å². The van der Waals surface area contributed by atoms with Gasteiger partial charge in [-0.05, 0) is 32.0 Å². The number of nitrogens with one attached hydrogen (secondary N) is 1. The van der Waals surface area contributed by atoms with Gasteiger partial charge in [0, 0.05) is 11.3 Å². The average Bonchev–Trinajstić information content (AvgIpc) is 2.93. The Hall–Kier alpha value is -2.71. The maximum atomic E-state index is 12.7. The number of anilines is 1. The zero-order valence-corrected chi connectivity index (χ0v) is 15.7. The Kier molecular flexibility index (Phi) is 5.03. The zero-order chi connectivity index (χ0) is 19.7. The number of rotatable bonds is 6. The molecule has 1 N–H and O–H groups in total. The fraction of sp³-hybridized carbons (Fsp3) is 0.263. The first-order chi connectivity index (χ1) is 12.8. The van der Waals surface area contributed by atoms with Crippen molar-refractivity contribution in [3.8, 4) is 0 Å². The molecule has 2 aromatic rings. The second-order valence-electron chi connectivity index (χ2n) is 6.15. The minimum Gasteiger partial charge on any atom is -0.465 e. The van der Waals surface area contributed by atoms with Gasteiger partial charge in [0.2, 0.25) is 5.91 Å². The summed E-state index contributed by atoms with van der Waals surface area (Å²) < 4.78 is 35.3. The Bertz CT molecular complexity index is 984. The summed E-state index contributed by atoms with van der Waals surface area (Å²) in [7, 11) is -4.16. The van der Waals surface area contributed by atoms with E-state index in [9.17, 15) is 18.0 Å². The summed E-state index contributed by atoms with van der Waals surface area (Å²) in [6.45, 7) is 2.78. The molecule has 0 saturated carbocycles. The highest BCUT2D eigenvalue weighted by Gasteiger charge is 2.55. The normalized spacial score (nSPS) is 18.7. The van der Waals surface area contributed by atoms with Crippen LogP contribution in [-0.4, -0.2) is 33.5 Å². The van der Waals surface area contributed by atoms with Crippen LogP contribution in [-0.2, 0) is 34.0 Å². The van der Waals surface area contributed by atoms with Crippen LogP contribution in [0.3, 0.4) is 0 Å². The van der Waals surface area contributed by atoms with Crippen LogP contribution in [0.4, 0.5) is 5.69 Å². The van der Waals surface area contributed by atoms with Crippen molar-refractivity contribution in [3.05, 3.63) is 59.7 Å². The molecule has 7 nitrogen and oxygen atoms in total. The van der Waals surface area contributed by atoms with E-state index in [0.717, 1.165) is 5.56 Å². The quantitative estimate of drug-likeness (QED) is 0.462. The molecule has 0 fully saturated rings. The third-order valence-electron chi connectivity index (χ3n) is 4.39. The highest BCUT2D eigenvalue weighted by Crippen LogP contribution is 2.39. The van der Waals surface area contributed by atoms with Crippen LogP contribution >= 0.6 is 0 Å². The van der Waals surface area contributed by atoms with E-state index in [0.29, 0.717) is 11.3 Å². The summed E-state index contributed by atoms with van der Waals surface area (Å²) in [5, 5.41) is 2.60. The number of esters is 1. The van der Waals surface area contributed by atoms with Gasteiger partial charge in [0.25, 0.3) is 10.1 Å². The van der Waals surface area contributed by atoms with Crippen LogP contribution < -0.4 is 5.32 Å². The van der Waals surface area contributed by atoms with Gasteiger partial charge in [-0.2, -0.15) is 8.42 Å². The van der Waals surface area contributed by atoms with E-state index in [1.54, 1.807) is 43.3 Å². The molecule has 1 amide bonds. The number of hydrogen-bond donors (Lipinski definition) is 1. The number of hydrogen-bond acceptors (Lipinski definition) is 6. The number of fused-ring (bicyclic) bond motifs is 1. The van der Waals surface area contributed by atoms with Gasteiger partial charge in [-0.15, -0.1) is 0 Å². The molecule has 8 heteroatoms. The third-order valence-corrected chi connectivity index (χ3v) is 5.66. The van der Waals surface area contributed by atoms with Crippen LogP contribution in [0.2, 0.25) is 0 Å². The molecule has 27 heavy (non-hydrogen) atoms. The molecule has 142 valence electrons. The minimum absolute atomic E-state index is 0.0424. The van der Waals surface area contributed by atoms with Crippen molar-refractivity contribution in [1.82, 2.24) is 0 Å². The van der Waals surface area contributed by atoms with Crippen LogP contribution in [0, 0.1) is 6.92 Å². The molecule has 0 spiro atoms. The maximum absolute atomic E-state index is 12.7. The van der Waals surface area contributed by atoms with Crippen molar-refractivity contribution < 1.29 is 26.9 Å². The molecule has 1 atom stereocenters. The number of carbonyl (C=O) groups excluding carboxylic acids is 2. The van der Waals surface area contributed by atoms with Gasteiger partial charge in [0.05, 0.1) is 18.1 Å². The molecule has 1 aliphatic heterocycles. The Balaban J connectivity index is 1.98. The van der Waals surface area contributed by atoms with Crippen LogP contribution in [0.1, 0.15) is 18.1 Å². The van der Waals surface area contributed by atoms with Crippen LogP contribution in [0.5, 0.6) is 0 Å². The smallest absolute Gasteiger partial charge is 0.328 e. The molecule has 1 aliphatic rings. The Labute approximate surface area is 157 Å². The number of benzene rings is 2. The highest BCUT2D eigenvalue weighted by molar-refractivity contribution is 7.86. The molecule has 3 rings (SSSR count). The molecule has 0 radical (unpaired) electrons. The molecule has 0 aliphatic carbocycles. The first-order valence-electron chi connectivity index (χ1n) is 8.35. The van der Waals surface area contributed by atoms with Gasteiger partial charge in [0.15, 0.2) is 5.41 Å². The summed E-state index contributed by atoms with van der Waals surface area (Å²) in [4.78, 5) is 25.3. The Morgan fingerprint density at radius 3 is 2.44 bits per heavy atom. The topological polar surface area (TPSA) is 98.8 Å². The third kappa shape index (κ3) is 3.33. The maximum Gasteiger partial charge on any atom is 0.328 e. The molecule has 0 bridgehead atoms. The largest absolute Gasteiger partial charge is 0.465 e. The molecule has 1 unspecified atom stereocenters. The molecular formula is C19H19NO6S. The van der Waals surface area contributed by atoms with Crippen molar-refractivity contribution >= 4 is 27.7 Å². The molecule has 0 aromatic heterocycles. The van der Waals surface area contributed by atoms with E-state index in [-0.39, 0.29) is 11.5 Å². The number of aryl methyl sites for hydroxylation is 1.